The number of anilines is 1. The van der Waals surface area contributed by atoms with Crippen molar-refractivity contribution < 1.29 is 23.9 Å². The van der Waals surface area contributed by atoms with Crippen molar-refractivity contribution in [1.29, 1.82) is 0 Å². The van der Waals surface area contributed by atoms with Gasteiger partial charge in [0.1, 0.15) is 0 Å². The van der Waals surface area contributed by atoms with E-state index in [4.69, 9.17) is 21.1 Å². The largest absolute Gasteiger partial charge is 0.490 e. The van der Waals surface area contributed by atoms with Gasteiger partial charge in [-0.2, -0.15) is 0 Å². The SMILES string of the molecule is CCOc1cc(/C=C2\SC(=O)N(c3cccc(Cl)c3)C2=O)ccc1OC(C)=O. The van der Waals surface area contributed by atoms with Crippen LogP contribution in [0.5, 0.6) is 11.5 Å². The molecule has 28 heavy (non-hydrogen) atoms. The lowest BCUT2D eigenvalue weighted by atomic mass is 10.1. The standard InChI is InChI=1S/C20H16ClNO5S/c1-3-26-17-9-13(7-8-16(17)27-12(2)23)10-18-19(24)22(20(25)28-18)15-6-4-5-14(21)11-15/h4-11H,3H2,1-2H3/b18-10-. The molecule has 6 nitrogen and oxygen atoms in total. The van der Waals surface area contributed by atoms with Gasteiger partial charge < -0.3 is 9.47 Å². The van der Waals surface area contributed by atoms with Gasteiger partial charge in [0.05, 0.1) is 17.2 Å². The quantitative estimate of drug-likeness (QED) is 0.391. The molecule has 2 amide bonds. The van der Waals surface area contributed by atoms with Crippen LogP contribution in [0.25, 0.3) is 6.08 Å². The Morgan fingerprint density at radius 2 is 1.96 bits per heavy atom. The maximum atomic E-state index is 12.7. The molecule has 0 bridgehead atoms. The molecule has 1 fully saturated rings. The van der Waals surface area contributed by atoms with Crippen molar-refractivity contribution >= 4 is 52.2 Å². The number of rotatable bonds is 5. The minimum atomic E-state index is -0.462. The molecular formula is C20H16ClNO5S. The number of imide groups is 1. The fourth-order valence-electron chi connectivity index (χ4n) is 2.58. The van der Waals surface area contributed by atoms with Gasteiger partial charge >= 0.3 is 5.97 Å². The van der Waals surface area contributed by atoms with Crippen LogP contribution in [0.15, 0.2) is 47.4 Å². The lowest BCUT2D eigenvalue weighted by Crippen LogP contribution is -2.27. The van der Waals surface area contributed by atoms with Crippen LogP contribution in [0.3, 0.4) is 0 Å². The number of esters is 1. The highest BCUT2D eigenvalue weighted by atomic mass is 35.5. The maximum Gasteiger partial charge on any atom is 0.308 e. The van der Waals surface area contributed by atoms with Crippen molar-refractivity contribution in [2.75, 3.05) is 11.5 Å². The van der Waals surface area contributed by atoms with Gasteiger partial charge in [-0.3, -0.25) is 14.4 Å². The second kappa shape index (κ2) is 8.50. The Morgan fingerprint density at radius 3 is 2.64 bits per heavy atom. The monoisotopic (exact) mass is 417 g/mol. The van der Waals surface area contributed by atoms with E-state index >= 15 is 0 Å². The van der Waals surface area contributed by atoms with Crippen molar-refractivity contribution in [2.24, 2.45) is 0 Å². The van der Waals surface area contributed by atoms with Crippen LogP contribution in [0.2, 0.25) is 5.02 Å². The van der Waals surface area contributed by atoms with Gasteiger partial charge in [0.15, 0.2) is 11.5 Å². The first-order chi connectivity index (χ1) is 13.4. The number of carbonyl (C=O) groups is 3. The zero-order chi connectivity index (χ0) is 20.3. The summed E-state index contributed by atoms with van der Waals surface area (Å²) in [6.45, 7) is 3.49. The molecular weight excluding hydrogens is 402 g/mol. The highest BCUT2D eigenvalue weighted by Gasteiger charge is 2.36. The van der Waals surface area contributed by atoms with E-state index in [1.165, 1.54) is 6.92 Å². The van der Waals surface area contributed by atoms with E-state index in [-0.39, 0.29) is 4.91 Å². The summed E-state index contributed by atoms with van der Waals surface area (Å²) in [5, 5.41) is 0.0306. The molecule has 0 atom stereocenters. The number of thioether (sulfide) groups is 1. The molecule has 144 valence electrons. The van der Waals surface area contributed by atoms with E-state index in [0.717, 1.165) is 16.7 Å². The summed E-state index contributed by atoms with van der Waals surface area (Å²) in [7, 11) is 0. The Labute approximate surface area is 171 Å². The zero-order valence-corrected chi connectivity index (χ0v) is 16.7. The van der Waals surface area contributed by atoms with Crippen LogP contribution < -0.4 is 14.4 Å². The lowest BCUT2D eigenvalue weighted by Gasteiger charge is -2.12. The summed E-state index contributed by atoms with van der Waals surface area (Å²) in [6.07, 6.45) is 1.59. The molecule has 2 aromatic rings. The van der Waals surface area contributed by atoms with Crippen molar-refractivity contribution in [3.8, 4) is 11.5 Å². The average molecular weight is 418 g/mol. The topological polar surface area (TPSA) is 72.9 Å². The molecule has 0 unspecified atom stereocenters. The van der Waals surface area contributed by atoms with Crippen LogP contribution in [-0.4, -0.2) is 23.7 Å². The van der Waals surface area contributed by atoms with E-state index < -0.39 is 17.1 Å². The zero-order valence-electron chi connectivity index (χ0n) is 15.1. The summed E-state index contributed by atoms with van der Waals surface area (Å²) in [6, 6.07) is 11.4. The fourth-order valence-corrected chi connectivity index (χ4v) is 3.60. The molecule has 2 aromatic carbocycles. The number of hydrogen-bond donors (Lipinski definition) is 0. The normalized spacial score (nSPS) is 15.2. The van der Waals surface area contributed by atoms with E-state index in [1.54, 1.807) is 55.5 Å². The predicted octanol–water partition coefficient (Wildman–Crippen LogP) is 4.90. The molecule has 0 spiro atoms. The second-order valence-electron chi connectivity index (χ2n) is 5.73. The summed E-state index contributed by atoms with van der Waals surface area (Å²) >= 11 is 6.80. The molecule has 1 saturated heterocycles. The van der Waals surface area contributed by atoms with E-state index in [0.29, 0.717) is 34.4 Å². The van der Waals surface area contributed by atoms with Gasteiger partial charge in [0.25, 0.3) is 11.1 Å². The third-order valence-corrected chi connectivity index (χ3v) is 4.78. The van der Waals surface area contributed by atoms with E-state index in [2.05, 4.69) is 0 Å². The van der Waals surface area contributed by atoms with Crippen molar-refractivity contribution in [1.82, 2.24) is 0 Å². The number of carbonyl (C=O) groups excluding carboxylic acids is 3. The first kappa shape index (κ1) is 20.0. The molecule has 1 aliphatic rings. The molecule has 0 aromatic heterocycles. The van der Waals surface area contributed by atoms with Gasteiger partial charge in [-0.15, -0.1) is 0 Å². The van der Waals surface area contributed by atoms with Crippen molar-refractivity contribution in [3.63, 3.8) is 0 Å². The second-order valence-corrected chi connectivity index (χ2v) is 7.16. The Hall–Kier alpha value is -2.77. The first-order valence-electron chi connectivity index (χ1n) is 8.38. The fraction of sp³-hybridized carbons (Fsp3) is 0.150. The Balaban J connectivity index is 1.91. The predicted molar refractivity (Wildman–Crippen MR) is 109 cm³/mol. The molecule has 0 N–H and O–H groups in total. The summed E-state index contributed by atoms with van der Waals surface area (Å²) in [4.78, 5) is 37.6. The molecule has 3 rings (SSSR count). The van der Waals surface area contributed by atoms with Crippen LogP contribution in [0, 0.1) is 0 Å². The Kier molecular flexibility index (Phi) is 6.06. The molecule has 1 aliphatic heterocycles. The highest BCUT2D eigenvalue weighted by Crippen LogP contribution is 2.37. The summed E-state index contributed by atoms with van der Waals surface area (Å²) in [5.74, 6) is -0.227. The van der Waals surface area contributed by atoms with Crippen molar-refractivity contribution in [3.05, 3.63) is 58.0 Å². The minimum absolute atomic E-state index is 0.271. The van der Waals surface area contributed by atoms with Crippen LogP contribution in [0.1, 0.15) is 19.4 Å². The minimum Gasteiger partial charge on any atom is -0.490 e. The number of hydrogen-bond acceptors (Lipinski definition) is 6. The maximum absolute atomic E-state index is 12.7. The first-order valence-corrected chi connectivity index (χ1v) is 9.57. The molecule has 0 radical (unpaired) electrons. The summed E-state index contributed by atoms with van der Waals surface area (Å²) < 4.78 is 10.6. The van der Waals surface area contributed by atoms with E-state index in [9.17, 15) is 14.4 Å². The van der Waals surface area contributed by atoms with Crippen LogP contribution in [-0.2, 0) is 9.59 Å². The summed E-state index contributed by atoms with van der Waals surface area (Å²) in [5.41, 5.74) is 1.05. The Bertz CT molecular complexity index is 988. The molecule has 0 aliphatic carbocycles. The smallest absolute Gasteiger partial charge is 0.308 e. The number of halogens is 1. The van der Waals surface area contributed by atoms with Gasteiger partial charge in [0, 0.05) is 11.9 Å². The third kappa shape index (κ3) is 4.37. The Morgan fingerprint density at radius 1 is 1.18 bits per heavy atom. The molecule has 1 heterocycles. The number of benzene rings is 2. The average Bonchev–Trinajstić information content (AvgIpc) is 2.90. The lowest BCUT2D eigenvalue weighted by molar-refractivity contribution is -0.132. The third-order valence-electron chi connectivity index (χ3n) is 3.68. The van der Waals surface area contributed by atoms with Crippen molar-refractivity contribution in [2.45, 2.75) is 13.8 Å². The van der Waals surface area contributed by atoms with Gasteiger partial charge in [-0.05, 0) is 60.7 Å². The van der Waals surface area contributed by atoms with E-state index in [1.807, 2.05) is 0 Å². The highest BCUT2D eigenvalue weighted by molar-refractivity contribution is 8.19. The number of nitrogens with zero attached hydrogens (tertiary/aromatic N) is 1. The van der Waals surface area contributed by atoms with Crippen LogP contribution >= 0.6 is 23.4 Å². The van der Waals surface area contributed by atoms with Crippen LogP contribution in [0.4, 0.5) is 10.5 Å². The van der Waals surface area contributed by atoms with Gasteiger partial charge in [0.2, 0.25) is 0 Å². The number of ether oxygens (including phenoxy) is 2. The van der Waals surface area contributed by atoms with Gasteiger partial charge in [-0.25, -0.2) is 4.90 Å². The molecule has 8 heteroatoms. The van der Waals surface area contributed by atoms with Gasteiger partial charge in [-0.1, -0.05) is 23.7 Å². The molecule has 0 saturated carbocycles. The number of amides is 2.